The van der Waals surface area contributed by atoms with Crippen LogP contribution in [0.4, 0.5) is 0 Å². The number of rotatable bonds is 5. The van der Waals surface area contributed by atoms with Crippen LogP contribution in [0.2, 0.25) is 0 Å². The molecule has 6 nitrogen and oxygen atoms in total. The summed E-state index contributed by atoms with van der Waals surface area (Å²) in [5, 5.41) is 45.5. The van der Waals surface area contributed by atoms with Crippen molar-refractivity contribution in [3.05, 3.63) is 56.6 Å². The number of phenols is 4. The summed E-state index contributed by atoms with van der Waals surface area (Å²) in [5.74, 6) is -1.67. The third-order valence-electron chi connectivity index (χ3n) is 7.78. The highest BCUT2D eigenvalue weighted by Gasteiger charge is 2.27. The lowest BCUT2D eigenvalue weighted by atomic mass is 9.80. The zero-order valence-corrected chi connectivity index (χ0v) is 23.1. The Labute approximate surface area is 222 Å². The van der Waals surface area contributed by atoms with Gasteiger partial charge in [-0.1, -0.05) is 39.8 Å². The summed E-state index contributed by atoms with van der Waals surface area (Å²) in [6.45, 7) is 15.3. The van der Waals surface area contributed by atoms with E-state index in [0.717, 1.165) is 33.4 Å². The second-order valence-corrected chi connectivity index (χ2v) is 10.8. The minimum Gasteiger partial charge on any atom is -0.504 e. The molecule has 0 unspecified atom stereocenters. The zero-order valence-electron chi connectivity index (χ0n) is 23.1. The van der Waals surface area contributed by atoms with Gasteiger partial charge in [-0.3, -0.25) is 9.59 Å². The van der Waals surface area contributed by atoms with Gasteiger partial charge < -0.3 is 20.4 Å². The second-order valence-electron chi connectivity index (χ2n) is 10.8. The zero-order chi connectivity index (χ0) is 28.4. The lowest BCUT2D eigenvalue weighted by molar-refractivity contribution is 0.111. The van der Waals surface area contributed by atoms with Gasteiger partial charge >= 0.3 is 0 Å². The highest BCUT2D eigenvalue weighted by Crippen LogP contribution is 2.50. The van der Waals surface area contributed by atoms with E-state index in [4.69, 9.17) is 0 Å². The summed E-state index contributed by atoms with van der Waals surface area (Å²) >= 11 is 0. The second kappa shape index (κ2) is 9.35. The number of aldehydes is 2. The van der Waals surface area contributed by atoms with Crippen LogP contribution in [0, 0.1) is 27.7 Å². The molecular weight excluding hydrogens is 480 g/mol. The number of hydrogen-bond donors (Lipinski definition) is 4. The van der Waals surface area contributed by atoms with E-state index >= 15 is 0 Å². The lowest BCUT2D eigenvalue weighted by Gasteiger charge is -2.25. The molecule has 0 saturated carbocycles. The molecule has 0 spiro atoms. The molecule has 0 heterocycles. The van der Waals surface area contributed by atoms with Crippen molar-refractivity contribution in [1.82, 2.24) is 0 Å². The number of benzene rings is 4. The Morgan fingerprint density at radius 2 is 0.895 bits per heavy atom. The molecule has 4 aromatic rings. The average Bonchev–Trinajstić information content (AvgIpc) is 2.83. The Kier molecular flexibility index (Phi) is 6.64. The van der Waals surface area contributed by atoms with Crippen LogP contribution in [0.25, 0.3) is 32.7 Å². The van der Waals surface area contributed by atoms with Gasteiger partial charge in [0.05, 0.1) is 11.1 Å². The maximum atomic E-state index is 12.2. The van der Waals surface area contributed by atoms with Gasteiger partial charge in [-0.25, -0.2) is 0 Å². The Morgan fingerprint density at radius 1 is 0.579 bits per heavy atom. The van der Waals surface area contributed by atoms with Gasteiger partial charge in [0.1, 0.15) is 0 Å². The summed E-state index contributed by atoms with van der Waals surface area (Å²) in [5.41, 5.74) is 6.16. The molecule has 4 N–H and O–H groups in total. The van der Waals surface area contributed by atoms with Crippen molar-refractivity contribution in [2.75, 3.05) is 0 Å². The summed E-state index contributed by atoms with van der Waals surface area (Å²) in [6, 6.07) is 3.85. The van der Waals surface area contributed by atoms with Gasteiger partial charge in [-0.2, -0.15) is 0 Å². The fourth-order valence-electron chi connectivity index (χ4n) is 6.26. The van der Waals surface area contributed by atoms with Gasteiger partial charge in [0, 0.05) is 21.9 Å². The predicted octanol–water partition coefficient (Wildman–Crippen LogP) is 7.59. The SMILES string of the molecule is Cc1cc2c(C(C)C)c(O)c(O)c(C=O)c2c(C)c1-c1c(C)cc2c(C(C)C)c(O)c(O)c(C=O)c2c1C. The third-order valence-corrected chi connectivity index (χ3v) is 7.78. The molecule has 0 aliphatic carbocycles. The first-order chi connectivity index (χ1) is 17.8. The Morgan fingerprint density at radius 3 is 1.16 bits per heavy atom. The van der Waals surface area contributed by atoms with Crippen LogP contribution in [-0.4, -0.2) is 33.0 Å². The molecular formula is C32H34O6. The first-order valence-electron chi connectivity index (χ1n) is 12.7. The van der Waals surface area contributed by atoms with Gasteiger partial charge in [0.2, 0.25) is 0 Å². The molecule has 198 valence electrons. The van der Waals surface area contributed by atoms with Crippen LogP contribution < -0.4 is 0 Å². The van der Waals surface area contributed by atoms with E-state index < -0.39 is 11.5 Å². The molecule has 0 saturated heterocycles. The monoisotopic (exact) mass is 514 g/mol. The summed E-state index contributed by atoms with van der Waals surface area (Å²) in [6.07, 6.45) is 1.13. The van der Waals surface area contributed by atoms with Gasteiger partial charge in [0.25, 0.3) is 0 Å². The number of phenolic OH excluding ortho intramolecular Hbond substituents is 4. The number of carbonyl (C=O) groups is 2. The molecule has 0 aromatic heterocycles. The summed E-state index contributed by atoms with van der Waals surface area (Å²) < 4.78 is 0. The minimum atomic E-state index is -0.439. The van der Waals surface area contributed by atoms with E-state index in [-0.39, 0.29) is 34.5 Å². The van der Waals surface area contributed by atoms with Crippen LogP contribution >= 0.6 is 0 Å². The van der Waals surface area contributed by atoms with Crippen molar-refractivity contribution in [2.24, 2.45) is 0 Å². The molecule has 0 aliphatic rings. The highest BCUT2D eigenvalue weighted by molar-refractivity contribution is 6.11. The number of carbonyl (C=O) groups excluding carboxylic acids is 2. The number of fused-ring (bicyclic) bond motifs is 2. The van der Waals surface area contributed by atoms with E-state index in [0.29, 0.717) is 45.2 Å². The molecule has 4 aromatic carbocycles. The Hall–Kier alpha value is -4.06. The third kappa shape index (κ3) is 3.62. The predicted molar refractivity (Wildman–Crippen MR) is 151 cm³/mol. The van der Waals surface area contributed by atoms with Gasteiger partial charge in [-0.15, -0.1) is 0 Å². The molecule has 38 heavy (non-hydrogen) atoms. The van der Waals surface area contributed by atoms with E-state index in [1.807, 2.05) is 67.5 Å². The average molecular weight is 515 g/mol. The van der Waals surface area contributed by atoms with Gasteiger partial charge in [0.15, 0.2) is 35.6 Å². The van der Waals surface area contributed by atoms with Crippen LogP contribution in [0.1, 0.15) is 93.6 Å². The smallest absolute Gasteiger partial charge is 0.169 e. The quantitative estimate of drug-likeness (QED) is 0.161. The van der Waals surface area contributed by atoms with Crippen LogP contribution in [0.5, 0.6) is 23.0 Å². The Bertz CT molecular complexity index is 1550. The highest BCUT2D eigenvalue weighted by atomic mass is 16.3. The van der Waals surface area contributed by atoms with Crippen molar-refractivity contribution < 1.29 is 30.0 Å². The van der Waals surface area contributed by atoms with Crippen molar-refractivity contribution in [2.45, 2.75) is 67.2 Å². The Balaban J connectivity index is 2.27. The molecule has 0 radical (unpaired) electrons. The maximum absolute atomic E-state index is 12.2. The lowest BCUT2D eigenvalue weighted by Crippen LogP contribution is -2.03. The van der Waals surface area contributed by atoms with E-state index in [9.17, 15) is 30.0 Å². The standard InChI is InChI=1S/C32H34O6/c1-13(2)23-19-9-15(5)25(17(7)27(19)21(11-33)29(35)31(23)37)26-16(6)10-20-24(14(3)4)32(38)30(36)22(12-34)28(20)18(26)8/h9-14,35-38H,1-8H3. The maximum Gasteiger partial charge on any atom is 0.169 e. The molecule has 4 rings (SSSR count). The molecule has 0 bridgehead atoms. The molecule has 0 atom stereocenters. The van der Waals surface area contributed by atoms with Crippen molar-refractivity contribution in [3.63, 3.8) is 0 Å². The molecule has 6 heteroatoms. The van der Waals surface area contributed by atoms with Crippen molar-refractivity contribution in [1.29, 1.82) is 0 Å². The normalized spacial score (nSPS) is 11.7. The van der Waals surface area contributed by atoms with E-state index in [1.54, 1.807) is 0 Å². The van der Waals surface area contributed by atoms with Crippen LogP contribution in [0.15, 0.2) is 12.1 Å². The van der Waals surface area contributed by atoms with Gasteiger partial charge in [-0.05, 0) is 83.7 Å². The fraction of sp³-hybridized carbons (Fsp3) is 0.312. The van der Waals surface area contributed by atoms with E-state index in [1.165, 1.54) is 0 Å². The van der Waals surface area contributed by atoms with Crippen molar-refractivity contribution in [3.8, 4) is 34.1 Å². The van der Waals surface area contributed by atoms with Crippen LogP contribution in [-0.2, 0) is 0 Å². The topological polar surface area (TPSA) is 115 Å². The van der Waals surface area contributed by atoms with Crippen molar-refractivity contribution >= 4 is 34.1 Å². The number of aromatic hydroxyl groups is 4. The molecule has 0 aliphatic heterocycles. The largest absolute Gasteiger partial charge is 0.504 e. The molecule has 0 amide bonds. The molecule has 0 fully saturated rings. The fourth-order valence-corrected chi connectivity index (χ4v) is 6.26. The first-order valence-corrected chi connectivity index (χ1v) is 12.7. The summed E-state index contributed by atoms with van der Waals surface area (Å²) in [4.78, 5) is 24.3. The minimum absolute atomic E-state index is 0.0231. The summed E-state index contributed by atoms with van der Waals surface area (Å²) in [7, 11) is 0. The number of aryl methyl sites for hydroxylation is 4. The first kappa shape index (κ1) is 27.0. The van der Waals surface area contributed by atoms with Crippen LogP contribution in [0.3, 0.4) is 0 Å². The van der Waals surface area contributed by atoms with E-state index in [2.05, 4.69) is 0 Å². The number of hydrogen-bond acceptors (Lipinski definition) is 6.